The lowest BCUT2D eigenvalue weighted by Crippen LogP contribution is -2.38. The first-order valence-corrected chi connectivity index (χ1v) is 9.17. The zero-order valence-electron chi connectivity index (χ0n) is 16.5. The van der Waals surface area contributed by atoms with Crippen LogP contribution in [0.1, 0.15) is 32.4 Å². The Kier molecular flexibility index (Phi) is 7.16. The first-order chi connectivity index (χ1) is 12.3. The second kappa shape index (κ2) is 9.14. The maximum Gasteiger partial charge on any atom is 0.252 e. The second-order valence-corrected chi connectivity index (χ2v) is 7.18. The summed E-state index contributed by atoms with van der Waals surface area (Å²) in [5, 5.41) is 0. The van der Waals surface area contributed by atoms with Crippen LogP contribution in [0.15, 0.2) is 10.9 Å². The van der Waals surface area contributed by atoms with E-state index in [1.807, 2.05) is 39.9 Å². The number of carbonyl (C=O) groups is 1. The predicted molar refractivity (Wildman–Crippen MR) is 101 cm³/mol. The summed E-state index contributed by atoms with van der Waals surface area (Å²) in [5.41, 5.74) is 0.572. The minimum absolute atomic E-state index is 0.0466. The van der Waals surface area contributed by atoms with E-state index in [9.17, 15) is 9.59 Å². The van der Waals surface area contributed by atoms with E-state index in [2.05, 4.69) is 14.9 Å². The summed E-state index contributed by atoms with van der Waals surface area (Å²) in [7, 11) is 5.69. The molecule has 26 heavy (non-hydrogen) atoms. The molecule has 2 unspecified atom stereocenters. The Hall–Kier alpha value is -1.93. The predicted octanol–water partition coefficient (Wildman–Crippen LogP) is 0.684. The Morgan fingerprint density at radius 3 is 2.85 bits per heavy atom. The van der Waals surface area contributed by atoms with Gasteiger partial charge in [-0.3, -0.25) is 19.5 Å². The van der Waals surface area contributed by atoms with Crippen molar-refractivity contribution >= 4 is 11.9 Å². The van der Waals surface area contributed by atoms with Crippen molar-refractivity contribution in [3.63, 3.8) is 0 Å². The van der Waals surface area contributed by atoms with E-state index >= 15 is 0 Å². The largest absolute Gasteiger partial charge is 0.369 e. The van der Waals surface area contributed by atoms with Crippen LogP contribution in [-0.4, -0.2) is 78.7 Å². The monoisotopic (exact) mass is 365 g/mol. The number of likely N-dealkylation sites (N-methyl/N-ethyl adjacent to an activating group) is 1. The summed E-state index contributed by atoms with van der Waals surface area (Å²) >= 11 is 0. The van der Waals surface area contributed by atoms with Crippen molar-refractivity contribution in [2.24, 2.45) is 0 Å². The highest BCUT2D eigenvalue weighted by molar-refractivity contribution is 5.77. The Morgan fingerprint density at radius 2 is 2.19 bits per heavy atom. The number of hydrogen-bond acceptors (Lipinski definition) is 6. The smallest absolute Gasteiger partial charge is 0.252 e. The van der Waals surface area contributed by atoms with Gasteiger partial charge in [0.05, 0.1) is 11.8 Å². The zero-order valence-corrected chi connectivity index (χ0v) is 16.5. The van der Waals surface area contributed by atoms with Crippen molar-refractivity contribution in [2.75, 3.05) is 45.7 Å². The van der Waals surface area contributed by atoms with Gasteiger partial charge in [-0.05, 0) is 26.8 Å². The number of H-pyrrole nitrogens is 1. The molecule has 1 aliphatic heterocycles. The Morgan fingerprint density at radius 1 is 1.46 bits per heavy atom. The van der Waals surface area contributed by atoms with Gasteiger partial charge in [0, 0.05) is 45.8 Å². The number of hydrogen-bond donors (Lipinski definition) is 1. The van der Waals surface area contributed by atoms with Crippen molar-refractivity contribution in [2.45, 2.75) is 45.4 Å². The molecule has 1 fully saturated rings. The normalized spacial score (nSPS) is 18.4. The van der Waals surface area contributed by atoms with Crippen LogP contribution in [0.4, 0.5) is 5.95 Å². The number of nitrogens with one attached hydrogen (secondary N) is 1. The van der Waals surface area contributed by atoms with E-state index in [0.717, 1.165) is 25.1 Å². The van der Waals surface area contributed by atoms with Crippen LogP contribution < -0.4 is 10.5 Å². The molecule has 1 aliphatic rings. The first-order valence-electron chi connectivity index (χ1n) is 9.17. The lowest BCUT2D eigenvalue weighted by molar-refractivity contribution is -0.137. The molecule has 8 nitrogen and oxygen atoms in total. The van der Waals surface area contributed by atoms with Gasteiger partial charge < -0.3 is 14.5 Å². The fraction of sp³-hybridized carbons (Fsp3) is 0.722. The summed E-state index contributed by atoms with van der Waals surface area (Å²) in [6, 6.07) is 1.79. The molecule has 2 heterocycles. The van der Waals surface area contributed by atoms with E-state index < -0.39 is 0 Å². The molecular weight excluding hydrogens is 334 g/mol. The third kappa shape index (κ3) is 5.54. The molecule has 0 bridgehead atoms. The van der Waals surface area contributed by atoms with Crippen LogP contribution in [0.3, 0.4) is 0 Å². The number of carbonyl (C=O) groups excluding carboxylic acids is 1. The maximum absolute atomic E-state index is 12.3. The molecule has 0 aromatic carbocycles. The SMILES string of the molecule is CCC(C)OCC(=O)N1CCC(N(C)Cc2cc(=O)[nH]c(N(C)C)n2)C1. The van der Waals surface area contributed by atoms with Gasteiger partial charge in [-0.15, -0.1) is 0 Å². The number of amides is 1. The number of aromatic amines is 1. The first kappa shape index (κ1) is 20.4. The highest BCUT2D eigenvalue weighted by Crippen LogP contribution is 2.17. The molecule has 1 aromatic rings. The molecule has 2 atom stereocenters. The van der Waals surface area contributed by atoms with Gasteiger partial charge in [0.2, 0.25) is 11.9 Å². The van der Waals surface area contributed by atoms with Gasteiger partial charge in [0.25, 0.3) is 5.56 Å². The molecule has 0 radical (unpaired) electrons. The summed E-state index contributed by atoms with van der Waals surface area (Å²) in [5.74, 6) is 0.594. The molecule has 146 valence electrons. The molecule has 1 amide bonds. The molecule has 0 spiro atoms. The second-order valence-electron chi connectivity index (χ2n) is 7.18. The zero-order chi connectivity index (χ0) is 19.3. The molecule has 0 aliphatic carbocycles. The standard InChI is InChI=1S/C18H31N5O3/c1-6-13(2)26-12-17(25)23-8-7-15(11-23)22(5)10-14-9-16(24)20-18(19-14)21(3)4/h9,13,15H,6-8,10-12H2,1-5H3,(H,19,20,24). The van der Waals surface area contributed by atoms with Crippen molar-refractivity contribution in [3.05, 3.63) is 22.1 Å². The van der Waals surface area contributed by atoms with Crippen LogP contribution in [-0.2, 0) is 16.1 Å². The molecule has 1 aromatic heterocycles. The molecule has 1 saturated heterocycles. The third-order valence-electron chi connectivity index (χ3n) is 4.82. The fourth-order valence-corrected chi connectivity index (χ4v) is 2.92. The highest BCUT2D eigenvalue weighted by Gasteiger charge is 2.29. The molecular formula is C18H31N5O3. The van der Waals surface area contributed by atoms with Crippen LogP contribution in [0.5, 0.6) is 0 Å². The third-order valence-corrected chi connectivity index (χ3v) is 4.82. The average molecular weight is 365 g/mol. The topological polar surface area (TPSA) is 81.8 Å². The van der Waals surface area contributed by atoms with E-state index in [0.29, 0.717) is 19.0 Å². The molecule has 0 saturated carbocycles. The van der Waals surface area contributed by atoms with E-state index in [4.69, 9.17) is 4.74 Å². The van der Waals surface area contributed by atoms with Crippen molar-refractivity contribution in [1.29, 1.82) is 0 Å². The minimum atomic E-state index is -0.155. The summed E-state index contributed by atoms with van der Waals surface area (Å²) in [4.78, 5) is 37.1. The minimum Gasteiger partial charge on any atom is -0.369 e. The number of rotatable bonds is 8. The number of aromatic nitrogens is 2. The Labute approximate surface area is 155 Å². The number of nitrogens with zero attached hydrogens (tertiary/aromatic N) is 4. The van der Waals surface area contributed by atoms with Crippen LogP contribution in [0.25, 0.3) is 0 Å². The Balaban J connectivity index is 1.90. The van der Waals surface area contributed by atoms with Gasteiger partial charge in [0.15, 0.2) is 0 Å². The lowest BCUT2D eigenvalue weighted by Gasteiger charge is -2.25. The Bertz CT molecular complexity index is 660. The van der Waals surface area contributed by atoms with Crippen LogP contribution in [0.2, 0.25) is 0 Å². The van der Waals surface area contributed by atoms with Crippen molar-refractivity contribution in [3.8, 4) is 0 Å². The van der Waals surface area contributed by atoms with Crippen LogP contribution >= 0.6 is 0 Å². The van der Waals surface area contributed by atoms with Gasteiger partial charge in [-0.1, -0.05) is 6.92 Å². The van der Waals surface area contributed by atoms with Gasteiger partial charge in [0.1, 0.15) is 6.61 Å². The average Bonchev–Trinajstić information content (AvgIpc) is 3.09. The number of ether oxygens (including phenoxy) is 1. The van der Waals surface area contributed by atoms with Crippen LogP contribution in [0, 0.1) is 0 Å². The molecule has 2 rings (SSSR count). The van der Waals surface area contributed by atoms with Crippen molar-refractivity contribution < 1.29 is 9.53 Å². The highest BCUT2D eigenvalue weighted by atomic mass is 16.5. The molecule has 8 heteroatoms. The molecule has 1 N–H and O–H groups in total. The summed E-state index contributed by atoms with van der Waals surface area (Å²) in [6.45, 7) is 6.16. The maximum atomic E-state index is 12.3. The lowest BCUT2D eigenvalue weighted by atomic mass is 10.2. The quantitative estimate of drug-likeness (QED) is 0.730. The fourth-order valence-electron chi connectivity index (χ4n) is 2.92. The number of likely N-dealkylation sites (tertiary alicyclic amines) is 1. The van der Waals surface area contributed by atoms with E-state index in [1.54, 1.807) is 4.90 Å². The van der Waals surface area contributed by atoms with E-state index in [1.165, 1.54) is 6.07 Å². The van der Waals surface area contributed by atoms with E-state index in [-0.39, 0.29) is 30.2 Å². The van der Waals surface area contributed by atoms with Gasteiger partial charge in [-0.25, -0.2) is 4.98 Å². The number of anilines is 1. The van der Waals surface area contributed by atoms with Gasteiger partial charge >= 0.3 is 0 Å². The summed E-state index contributed by atoms with van der Waals surface area (Å²) < 4.78 is 5.55. The van der Waals surface area contributed by atoms with Gasteiger partial charge in [-0.2, -0.15) is 0 Å². The summed E-state index contributed by atoms with van der Waals surface area (Å²) in [6.07, 6.45) is 1.92. The van der Waals surface area contributed by atoms with Crippen molar-refractivity contribution in [1.82, 2.24) is 19.8 Å².